The number of methoxy groups -OCH3 is 1. The predicted molar refractivity (Wildman–Crippen MR) is 135 cm³/mol. The lowest BCUT2D eigenvalue weighted by Gasteiger charge is -2.37. The molecule has 3 aromatic rings. The predicted octanol–water partition coefficient (Wildman–Crippen LogP) is 6.25. The quantitative estimate of drug-likeness (QED) is 0.387. The van der Waals surface area contributed by atoms with E-state index in [1.54, 1.807) is 23.1 Å². The Kier molecular flexibility index (Phi) is 7.39. The second-order valence-corrected chi connectivity index (χ2v) is 9.91. The minimum atomic E-state index is -0.467. The van der Waals surface area contributed by atoms with E-state index in [1.165, 1.54) is 18.4 Å². The minimum Gasteiger partial charge on any atom is -0.465 e. The Bertz CT molecular complexity index is 1160. The van der Waals surface area contributed by atoms with Gasteiger partial charge in [0.2, 0.25) is 0 Å². The zero-order valence-corrected chi connectivity index (χ0v) is 20.7. The van der Waals surface area contributed by atoms with Crippen LogP contribution in [0.3, 0.4) is 0 Å². The average molecular weight is 503 g/mol. The number of halogens is 2. The number of nitrogens with zero attached hydrogens (tertiary/aromatic N) is 2. The molecule has 4 rings (SSSR count). The number of amides is 1. The topological polar surface area (TPSA) is 49.9 Å². The molecule has 0 atom stereocenters. The summed E-state index contributed by atoms with van der Waals surface area (Å²) in [5, 5.41) is 0.739. The van der Waals surface area contributed by atoms with Gasteiger partial charge in [0.05, 0.1) is 23.4 Å². The van der Waals surface area contributed by atoms with Crippen LogP contribution in [0.4, 0.5) is 5.69 Å². The summed E-state index contributed by atoms with van der Waals surface area (Å²) in [4.78, 5) is 31.9. The highest BCUT2D eigenvalue weighted by Crippen LogP contribution is 2.40. The first-order chi connectivity index (χ1) is 15.9. The molecule has 0 saturated carbocycles. The number of benzene rings is 2. The molecule has 0 spiro atoms. The fourth-order valence-electron chi connectivity index (χ4n) is 4.06. The van der Waals surface area contributed by atoms with Crippen molar-refractivity contribution in [2.45, 2.75) is 18.9 Å². The summed E-state index contributed by atoms with van der Waals surface area (Å²) in [6.45, 7) is 1.71. The lowest BCUT2D eigenvalue weighted by atomic mass is 10.0. The van der Waals surface area contributed by atoms with Crippen molar-refractivity contribution in [2.75, 3.05) is 32.1 Å². The molecule has 0 aliphatic carbocycles. The Balaban J connectivity index is 1.85. The van der Waals surface area contributed by atoms with Gasteiger partial charge in [0, 0.05) is 15.9 Å². The van der Waals surface area contributed by atoms with Gasteiger partial charge in [0.25, 0.3) is 5.91 Å². The SMILES string of the molecule is COC(=O)c1sc(-c2ccccc2)cc1N(C(=O)c1ccc(Cl)cc1Cl)C1CCN(C)CC1. The lowest BCUT2D eigenvalue weighted by Crippen LogP contribution is -2.47. The second-order valence-electron chi connectivity index (χ2n) is 8.02. The number of ether oxygens (including phenoxy) is 1. The second kappa shape index (κ2) is 10.3. The van der Waals surface area contributed by atoms with Gasteiger partial charge in [-0.3, -0.25) is 4.79 Å². The van der Waals surface area contributed by atoms with Gasteiger partial charge in [-0.25, -0.2) is 4.79 Å². The highest BCUT2D eigenvalue weighted by molar-refractivity contribution is 7.18. The fourth-order valence-corrected chi connectivity index (χ4v) is 5.62. The summed E-state index contributed by atoms with van der Waals surface area (Å²) in [7, 11) is 3.42. The molecule has 1 fully saturated rings. The molecule has 0 unspecified atom stereocenters. The molecule has 8 heteroatoms. The number of thiophene rings is 1. The van der Waals surface area contributed by atoms with Crippen LogP contribution in [-0.4, -0.2) is 50.1 Å². The highest BCUT2D eigenvalue weighted by Gasteiger charge is 2.34. The third kappa shape index (κ3) is 5.09. The molecule has 172 valence electrons. The van der Waals surface area contributed by atoms with Crippen molar-refractivity contribution in [3.05, 3.63) is 75.1 Å². The number of carbonyl (C=O) groups is 2. The number of anilines is 1. The van der Waals surface area contributed by atoms with Crippen molar-refractivity contribution in [1.82, 2.24) is 4.90 Å². The summed E-state index contributed by atoms with van der Waals surface area (Å²) in [5.74, 6) is -0.723. The van der Waals surface area contributed by atoms with Gasteiger partial charge < -0.3 is 14.5 Å². The fraction of sp³-hybridized carbons (Fsp3) is 0.280. The molecular formula is C25H24Cl2N2O3S. The van der Waals surface area contributed by atoms with Crippen molar-refractivity contribution in [3.63, 3.8) is 0 Å². The molecule has 0 radical (unpaired) electrons. The van der Waals surface area contributed by atoms with Crippen molar-refractivity contribution < 1.29 is 14.3 Å². The Hall–Kier alpha value is -2.38. The maximum atomic E-state index is 13.9. The van der Waals surface area contributed by atoms with Crippen LogP contribution >= 0.6 is 34.5 Å². The zero-order valence-electron chi connectivity index (χ0n) is 18.4. The first-order valence-corrected chi connectivity index (χ1v) is 12.2. The van der Waals surface area contributed by atoms with Crippen LogP contribution in [0.15, 0.2) is 54.6 Å². The van der Waals surface area contributed by atoms with Gasteiger partial charge in [-0.1, -0.05) is 53.5 Å². The van der Waals surface area contributed by atoms with E-state index >= 15 is 0 Å². The van der Waals surface area contributed by atoms with Crippen molar-refractivity contribution in [1.29, 1.82) is 0 Å². The summed E-state index contributed by atoms with van der Waals surface area (Å²) in [5.41, 5.74) is 1.87. The molecule has 2 heterocycles. The van der Waals surface area contributed by atoms with Crippen molar-refractivity contribution in [3.8, 4) is 10.4 Å². The van der Waals surface area contributed by atoms with E-state index in [-0.39, 0.29) is 17.0 Å². The largest absolute Gasteiger partial charge is 0.465 e. The standard InChI is InChI=1S/C25H24Cl2N2O3S/c1-28-12-10-18(11-13-28)29(24(30)19-9-8-17(26)14-20(19)27)21-15-22(16-6-4-3-5-7-16)33-23(21)25(31)32-2/h3-9,14-15,18H,10-13H2,1-2H3. The number of rotatable bonds is 5. The maximum Gasteiger partial charge on any atom is 0.350 e. The Labute approximate surface area is 207 Å². The van der Waals surface area contributed by atoms with Crippen LogP contribution < -0.4 is 4.90 Å². The van der Waals surface area contributed by atoms with E-state index in [2.05, 4.69) is 11.9 Å². The first kappa shape index (κ1) is 23.8. The van der Waals surface area contributed by atoms with E-state index in [1.807, 2.05) is 36.4 Å². The van der Waals surface area contributed by atoms with Gasteiger partial charge >= 0.3 is 5.97 Å². The summed E-state index contributed by atoms with van der Waals surface area (Å²) in [6.07, 6.45) is 1.56. The molecular weight excluding hydrogens is 479 g/mol. The van der Waals surface area contributed by atoms with E-state index in [0.717, 1.165) is 36.4 Å². The number of piperidine rings is 1. The molecule has 1 saturated heterocycles. The Morgan fingerprint density at radius 1 is 1.06 bits per heavy atom. The summed E-state index contributed by atoms with van der Waals surface area (Å²) < 4.78 is 5.09. The normalized spacial score (nSPS) is 14.8. The van der Waals surface area contributed by atoms with Crippen LogP contribution in [0.25, 0.3) is 10.4 Å². The number of hydrogen-bond donors (Lipinski definition) is 0. The van der Waals surface area contributed by atoms with Gasteiger partial charge in [-0.2, -0.15) is 0 Å². The number of esters is 1. The number of hydrogen-bond acceptors (Lipinski definition) is 5. The van der Waals surface area contributed by atoms with Crippen LogP contribution in [0, 0.1) is 0 Å². The van der Waals surface area contributed by atoms with Crippen molar-refractivity contribution in [2.24, 2.45) is 0 Å². The third-order valence-electron chi connectivity index (χ3n) is 5.83. The molecule has 1 aliphatic rings. The molecule has 1 amide bonds. The molecule has 2 aromatic carbocycles. The van der Waals surface area contributed by atoms with Gasteiger partial charge in [0.1, 0.15) is 4.88 Å². The number of carbonyl (C=O) groups excluding carboxylic acids is 2. The van der Waals surface area contributed by atoms with Crippen LogP contribution in [0.2, 0.25) is 10.0 Å². The Morgan fingerprint density at radius 3 is 2.39 bits per heavy atom. The Morgan fingerprint density at radius 2 is 1.76 bits per heavy atom. The smallest absolute Gasteiger partial charge is 0.350 e. The molecule has 5 nitrogen and oxygen atoms in total. The van der Waals surface area contributed by atoms with E-state index in [9.17, 15) is 9.59 Å². The molecule has 0 N–H and O–H groups in total. The van der Waals surface area contributed by atoms with Gasteiger partial charge in [-0.05, 0) is 62.8 Å². The molecule has 0 bridgehead atoms. The highest BCUT2D eigenvalue weighted by atomic mass is 35.5. The van der Waals surface area contributed by atoms with Gasteiger partial charge in [-0.15, -0.1) is 11.3 Å². The van der Waals surface area contributed by atoms with E-state index in [0.29, 0.717) is 21.2 Å². The van der Waals surface area contributed by atoms with Crippen molar-refractivity contribution >= 4 is 52.1 Å². The monoisotopic (exact) mass is 502 g/mol. The van der Waals surface area contributed by atoms with E-state index < -0.39 is 5.97 Å². The third-order valence-corrected chi connectivity index (χ3v) is 7.54. The lowest BCUT2D eigenvalue weighted by molar-refractivity contribution is 0.0607. The maximum absolute atomic E-state index is 13.9. The number of likely N-dealkylation sites (tertiary alicyclic amines) is 1. The molecule has 33 heavy (non-hydrogen) atoms. The first-order valence-electron chi connectivity index (χ1n) is 10.6. The molecule has 1 aromatic heterocycles. The van der Waals surface area contributed by atoms with Crippen LogP contribution in [0.1, 0.15) is 32.9 Å². The molecule has 1 aliphatic heterocycles. The van der Waals surface area contributed by atoms with E-state index in [4.69, 9.17) is 27.9 Å². The van der Waals surface area contributed by atoms with Crippen LogP contribution in [-0.2, 0) is 4.74 Å². The summed E-state index contributed by atoms with van der Waals surface area (Å²) in [6, 6.07) is 16.5. The average Bonchev–Trinajstić information content (AvgIpc) is 3.25. The minimum absolute atomic E-state index is 0.0814. The zero-order chi connectivity index (χ0) is 23.5. The van der Waals surface area contributed by atoms with Crippen LogP contribution in [0.5, 0.6) is 0 Å². The van der Waals surface area contributed by atoms with Gasteiger partial charge in [0.15, 0.2) is 0 Å². The summed E-state index contributed by atoms with van der Waals surface area (Å²) >= 11 is 13.8.